The number of hydrogen-bond donors (Lipinski definition) is 1. The zero-order valence-electron chi connectivity index (χ0n) is 19.6. The number of anilines is 1. The van der Waals surface area contributed by atoms with Crippen molar-refractivity contribution in [3.05, 3.63) is 60.4 Å². The fourth-order valence-electron chi connectivity index (χ4n) is 4.21. The lowest BCUT2D eigenvalue weighted by atomic mass is 9.96. The van der Waals surface area contributed by atoms with Crippen molar-refractivity contribution in [1.82, 2.24) is 25.0 Å². The maximum atomic E-state index is 12.7. The molecule has 0 saturated carbocycles. The fourth-order valence-corrected chi connectivity index (χ4v) is 5.08. The van der Waals surface area contributed by atoms with E-state index in [0.717, 1.165) is 62.2 Å². The van der Waals surface area contributed by atoms with Crippen LogP contribution in [0.4, 0.5) is 5.13 Å². The van der Waals surface area contributed by atoms with E-state index in [1.165, 1.54) is 5.56 Å². The number of carbonyl (C=O) groups excluding carboxylic acids is 1. The van der Waals surface area contributed by atoms with Gasteiger partial charge in [0, 0.05) is 57.1 Å². The van der Waals surface area contributed by atoms with Crippen molar-refractivity contribution in [2.45, 2.75) is 45.7 Å². The second-order valence-corrected chi connectivity index (χ2v) is 9.85. The van der Waals surface area contributed by atoms with Crippen molar-refractivity contribution in [3.63, 3.8) is 0 Å². The molecule has 4 rings (SSSR count). The van der Waals surface area contributed by atoms with Gasteiger partial charge in [-0.25, -0.2) is 0 Å². The number of nitrogens with one attached hydrogen (secondary N) is 1. The molecule has 0 unspecified atom stereocenters. The summed E-state index contributed by atoms with van der Waals surface area (Å²) in [6.45, 7) is 8.80. The van der Waals surface area contributed by atoms with Crippen molar-refractivity contribution >= 4 is 22.4 Å². The zero-order valence-corrected chi connectivity index (χ0v) is 20.4. The van der Waals surface area contributed by atoms with Gasteiger partial charge in [-0.1, -0.05) is 41.7 Å². The normalized spacial score (nSPS) is 14.8. The minimum atomic E-state index is 0.0867. The Hall–Kier alpha value is -2.71. The molecule has 8 heteroatoms. The molecule has 7 nitrogen and oxygen atoms in total. The fraction of sp³-hybridized carbons (Fsp3) is 0.480. The molecule has 0 aliphatic carbocycles. The number of hydrogen-bond acceptors (Lipinski definition) is 6. The Kier molecular flexibility index (Phi) is 8.12. The average Bonchev–Trinajstić information content (AvgIpc) is 3.54. The Balaban J connectivity index is 1.17. The number of nitrogens with zero attached hydrogens (tertiary/aromatic N) is 5. The molecule has 1 amide bonds. The van der Waals surface area contributed by atoms with Crippen LogP contribution in [-0.2, 0) is 11.3 Å². The zero-order chi connectivity index (χ0) is 23.0. The molecule has 1 aliphatic rings. The summed E-state index contributed by atoms with van der Waals surface area (Å²) in [5.74, 6) is 0.280. The summed E-state index contributed by atoms with van der Waals surface area (Å²) >= 11 is 1.59. The average molecular weight is 467 g/mol. The molecule has 0 radical (unpaired) electrons. The van der Waals surface area contributed by atoms with Crippen molar-refractivity contribution in [1.29, 1.82) is 0 Å². The van der Waals surface area contributed by atoms with Crippen molar-refractivity contribution in [3.8, 4) is 5.13 Å². The highest BCUT2D eigenvalue weighted by atomic mass is 32.1. The first-order valence-electron chi connectivity index (χ1n) is 11.9. The maximum absolute atomic E-state index is 12.7. The summed E-state index contributed by atoms with van der Waals surface area (Å²) in [5.41, 5.74) is 1.33. The van der Waals surface area contributed by atoms with Crippen LogP contribution in [0.5, 0.6) is 0 Å². The Bertz CT molecular complexity index is 980. The van der Waals surface area contributed by atoms with Crippen molar-refractivity contribution in [2.24, 2.45) is 5.92 Å². The smallest absolute Gasteiger partial charge is 0.223 e. The highest BCUT2D eigenvalue weighted by Crippen LogP contribution is 2.27. The van der Waals surface area contributed by atoms with E-state index < -0.39 is 0 Å². The summed E-state index contributed by atoms with van der Waals surface area (Å²) < 4.78 is 1.97. The third-order valence-electron chi connectivity index (χ3n) is 6.25. The second kappa shape index (κ2) is 11.4. The molecule has 1 aromatic carbocycles. The lowest BCUT2D eigenvalue weighted by Gasteiger charge is -2.31. The SMILES string of the molecule is CC(C)N(CCCNC(=O)C1CCN(c2nnc(-n3cccc3)s2)CC1)Cc1ccccc1. The van der Waals surface area contributed by atoms with E-state index in [1.807, 2.05) is 29.1 Å². The van der Waals surface area contributed by atoms with Crippen LogP contribution in [0.15, 0.2) is 54.9 Å². The van der Waals surface area contributed by atoms with Crippen LogP contribution in [0, 0.1) is 5.92 Å². The van der Waals surface area contributed by atoms with Crippen LogP contribution in [-0.4, -0.2) is 57.8 Å². The van der Waals surface area contributed by atoms with Crippen LogP contribution in [0.25, 0.3) is 5.13 Å². The van der Waals surface area contributed by atoms with Gasteiger partial charge < -0.3 is 10.2 Å². The Morgan fingerprint density at radius 3 is 2.48 bits per heavy atom. The van der Waals surface area contributed by atoms with Gasteiger partial charge in [0.15, 0.2) is 0 Å². The first kappa shape index (κ1) is 23.4. The molecule has 0 spiro atoms. The lowest BCUT2D eigenvalue weighted by molar-refractivity contribution is -0.125. The van der Waals surface area contributed by atoms with E-state index in [-0.39, 0.29) is 11.8 Å². The number of benzene rings is 1. The summed E-state index contributed by atoms with van der Waals surface area (Å²) in [6, 6.07) is 15.0. The van der Waals surface area contributed by atoms with Gasteiger partial charge in [0.05, 0.1) is 0 Å². The van der Waals surface area contributed by atoms with Crippen LogP contribution >= 0.6 is 11.3 Å². The highest BCUT2D eigenvalue weighted by molar-refractivity contribution is 7.17. The minimum absolute atomic E-state index is 0.0867. The molecule has 0 atom stereocenters. The number of rotatable bonds is 10. The molecule has 176 valence electrons. The number of carbonyl (C=O) groups is 1. The van der Waals surface area contributed by atoms with Crippen molar-refractivity contribution in [2.75, 3.05) is 31.1 Å². The molecule has 1 saturated heterocycles. The van der Waals surface area contributed by atoms with E-state index in [2.05, 4.69) is 69.5 Å². The van der Waals surface area contributed by atoms with Gasteiger partial charge in [-0.3, -0.25) is 14.3 Å². The molecule has 3 heterocycles. The van der Waals surface area contributed by atoms with Gasteiger partial charge >= 0.3 is 0 Å². The van der Waals surface area contributed by atoms with Gasteiger partial charge in [0.25, 0.3) is 0 Å². The van der Waals surface area contributed by atoms with E-state index in [4.69, 9.17) is 0 Å². The van der Waals surface area contributed by atoms with Crippen molar-refractivity contribution < 1.29 is 4.79 Å². The lowest BCUT2D eigenvalue weighted by Crippen LogP contribution is -2.41. The summed E-state index contributed by atoms with van der Waals surface area (Å²) in [5, 5.41) is 13.6. The van der Waals surface area contributed by atoms with Gasteiger partial charge in [-0.2, -0.15) is 0 Å². The summed E-state index contributed by atoms with van der Waals surface area (Å²) in [6.07, 6.45) is 6.63. The van der Waals surface area contributed by atoms with E-state index in [1.54, 1.807) is 11.3 Å². The van der Waals surface area contributed by atoms with Gasteiger partial charge in [-0.05, 0) is 50.8 Å². The summed E-state index contributed by atoms with van der Waals surface area (Å²) in [7, 11) is 0. The third kappa shape index (κ3) is 6.42. The van der Waals surface area contributed by atoms with E-state index >= 15 is 0 Å². The Labute approximate surface area is 200 Å². The first-order valence-corrected chi connectivity index (χ1v) is 12.7. The molecule has 1 fully saturated rings. The quantitative estimate of drug-likeness (QED) is 0.458. The Morgan fingerprint density at radius 1 is 1.09 bits per heavy atom. The van der Waals surface area contributed by atoms with Gasteiger partial charge in [0.1, 0.15) is 0 Å². The molecular weight excluding hydrogens is 432 g/mol. The number of amides is 1. The van der Waals surface area contributed by atoms with Gasteiger partial charge in [0.2, 0.25) is 16.2 Å². The van der Waals surface area contributed by atoms with E-state index in [9.17, 15) is 4.79 Å². The van der Waals surface area contributed by atoms with Gasteiger partial charge in [-0.15, -0.1) is 10.2 Å². The molecular formula is C25H34N6OS. The van der Waals surface area contributed by atoms with Crippen LogP contribution in [0.3, 0.4) is 0 Å². The highest BCUT2D eigenvalue weighted by Gasteiger charge is 2.26. The molecule has 1 N–H and O–H groups in total. The minimum Gasteiger partial charge on any atom is -0.356 e. The molecule has 1 aliphatic heterocycles. The molecule has 2 aromatic heterocycles. The number of aromatic nitrogens is 3. The Morgan fingerprint density at radius 2 is 1.79 bits per heavy atom. The largest absolute Gasteiger partial charge is 0.356 e. The third-order valence-corrected chi connectivity index (χ3v) is 7.24. The maximum Gasteiger partial charge on any atom is 0.223 e. The first-order chi connectivity index (χ1) is 16.1. The van der Waals surface area contributed by atoms with Crippen LogP contribution in [0.2, 0.25) is 0 Å². The predicted octanol–water partition coefficient (Wildman–Crippen LogP) is 3.96. The monoisotopic (exact) mass is 466 g/mol. The number of piperidine rings is 1. The standard InChI is InChI=1S/C25H34N6OS/c1-20(2)31(19-21-9-4-3-5-10-21)16-8-13-26-23(32)22-11-17-30(18-12-22)25-28-27-24(33-25)29-14-6-7-15-29/h3-7,9-10,14-15,20,22H,8,11-13,16-19H2,1-2H3,(H,26,32). The van der Waals surface area contributed by atoms with Crippen LogP contribution in [0.1, 0.15) is 38.7 Å². The topological polar surface area (TPSA) is 66.3 Å². The predicted molar refractivity (Wildman–Crippen MR) is 134 cm³/mol. The molecule has 3 aromatic rings. The summed E-state index contributed by atoms with van der Waals surface area (Å²) in [4.78, 5) is 17.4. The molecule has 33 heavy (non-hydrogen) atoms. The molecule has 0 bridgehead atoms. The second-order valence-electron chi connectivity index (χ2n) is 8.91. The van der Waals surface area contributed by atoms with E-state index in [0.29, 0.717) is 6.04 Å². The van der Waals surface area contributed by atoms with Crippen LogP contribution < -0.4 is 10.2 Å².